The highest BCUT2D eigenvalue weighted by molar-refractivity contribution is 7.88. The van der Waals surface area contributed by atoms with Crippen LogP contribution < -0.4 is 4.18 Å². The number of hydrogen-bond donors (Lipinski definition) is 0. The average Bonchev–Trinajstić information content (AvgIpc) is 2.76. The summed E-state index contributed by atoms with van der Waals surface area (Å²) >= 11 is 0. The molecule has 0 heterocycles. The monoisotopic (exact) mass is 294 g/mol. The van der Waals surface area contributed by atoms with E-state index in [-0.39, 0.29) is 11.8 Å². The number of halogens is 3. The number of benzene rings is 1. The summed E-state index contributed by atoms with van der Waals surface area (Å²) in [5, 5.41) is 0. The van der Waals surface area contributed by atoms with Gasteiger partial charge in [0.2, 0.25) is 0 Å². The van der Waals surface area contributed by atoms with Gasteiger partial charge < -0.3 is 4.18 Å². The van der Waals surface area contributed by atoms with E-state index in [2.05, 4.69) is 4.18 Å². The molecule has 0 aromatic heterocycles. The van der Waals surface area contributed by atoms with Gasteiger partial charge in [-0.2, -0.15) is 21.6 Å². The van der Waals surface area contributed by atoms with Crippen molar-refractivity contribution in [3.05, 3.63) is 28.8 Å². The van der Waals surface area contributed by atoms with Crippen molar-refractivity contribution in [1.82, 2.24) is 0 Å². The first kappa shape index (κ1) is 13.9. The summed E-state index contributed by atoms with van der Waals surface area (Å²) < 4.78 is 63.1. The lowest BCUT2D eigenvalue weighted by Gasteiger charge is -2.14. The van der Waals surface area contributed by atoms with E-state index in [0.717, 1.165) is 0 Å². The van der Waals surface area contributed by atoms with Gasteiger partial charge in [-0.15, -0.1) is 0 Å². The summed E-state index contributed by atoms with van der Waals surface area (Å²) in [6.07, 6.45) is 1.97. The van der Waals surface area contributed by atoms with E-state index < -0.39 is 21.4 Å². The third kappa shape index (κ3) is 2.44. The van der Waals surface area contributed by atoms with Gasteiger partial charge in [0.15, 0.2) is 12.0 Å². The van der Waals surface area contributed by atoms with Crippen LogP contribution in [0.5, 0.6) is 5.75 Å². The van der Waals surface area contributed by atoms with Crippen LogP contribution in [0.15, 0.2) is 12.1 Å². The molecule has 1 aliphatic rings. The van der Waals surface area contributed by atoms with Gasteiger partial charge in [0, 0.05) is 0 Å². The fourth-order valence-electron chi connectivity index (χ4n) is 2.00. The lowest BCUT2D eigenvalue weighted by atomic mass is 10.1. The highest BCUT2D eigenvalue weighted by Gasteiger charge is 2.49. The first-order valence-corrected chi connectivity index (χ1v) is 6.78. The standard InChI is InChI=1S/C11H9F3O4S/c12-11(13,14)19(16,17)18-10-8(6-15)5-4-7-2-1-3-9(7)10/h4-6H,1-3H2. The predicted molar refractivity (Wildman–Crippen MR) is 59.5 cm³/mol. The minimum Gasteiger partial charge on any atom is -0.375 e. The van der Waals surface area contributed by atoms with E-state index in [0.29, 0.717) is 30.4 Å². The van der Waals surface area contributed by atoms with Crippen LogP contribution in [0.4, 0.5) is 13.2 Å². The molecule has 2 rings (SSSR count). The van der Waals surface area contributed by atoms with Crippen LogP contribution in [0, 0.1) is 0 Å². The Morgan fingerprint density at radius 3 is 2.47 bits per heavy atom. The van der Waals surface area contributed by atoms with Crippen molar-refractivity contribution in [2.45, 2.75) is 24.8 Å². The minimum atomic E-state index is -5.76. The number of alkyl halides is 3. The third-order valence-corrected chi connectivity index (χ3v) is 3.82. The zero-order valence-electron chi connectivity index (χ0n) is 9.53. The van der Waals surface area contributed by atoms with Gasteiger partial charge in [-0.3, -0.25) is 4.79 Å². The maximum Gasteiger partial charge on any atom is 0.534 e. The Morgan fingerprint density at radius 1 is 1.21 bits per heavy atom. The molecule has 0 saturated carbocycles. The molecular weight excluding hydrogens is 285 g/mol. The van der Waals surface area contributed by atoms with Crippen molar-refractivity contribution in [3.63, 3.8) is 0 Å². The Kier molecular flexibility index (Phi) is 3.29. The number of aldehydes is 1. The fraction of sp³-hybridized carbons (Fsp3) is 0.364. The smallest absolute Gasteiger partial charge is 0.375 e. The van der Waals surface area contributed by atoms with Crippen LogP contribution in [0.2, 0.25) is 0 Å². The maximum absolute atomic E-state index is 12.3. The van der Waals surface area contributed by atoms with Crippen molar-refractivity contribution in [1.29, 1.82) is 0 Å². The summed E-state index contributed by atoms with van der Waals surface area (Å²) in [6, 6.07) is 2.86. The number of fused-ring (bicyclic) bond motifs is 1. The molecule has 4 nitrogen and oxygen atoms in total. The molecule has 19 heavy (non-hydrogen) atoms. The normalized spacial score (nSPS) is 15.1. The van der Waals surface area contributed by atoms with Gasteiger partial charge >= 0.3 is 15.6 Å². The number of carbonyl (C=O) groups is 1. The van der Waals surface area contributed by atoms with Crippen molar-refractivity contribution in [2.24, 2.45) is 0 Å². The van der Waals surface area contributed by atoms with Gasteiger partial charge in [-0.05, 0) is 36.5 Å². The molecule has 8 heteroatoms. The molecule has 0 radical (unpaired) electrons. The van der Waals surface area contributed by atoms with E-state index in [1.807, 2.05) is 0 Å². The molecule has 104 valence electrons. The summed E-state index contributed by atoms with van der Waals surface area (Å²) in [5.74, 6) is -0.498. The van der Waals surface area contributed by atoms with Crippen LogP contribution in [0.3, 0.4) is 0 Å². The number of rotatable bonds is 3. The molecule has 0 spiro atoms. The lowest BCUT2D eigenvalue weighted by Crippen LogP contribution is -2.28. The quantitative estimate of drug-likeness (QED) is 0.487. The summed E-state index contributed by atoms with van der Waals surface area (Å²) in [6.45, 7) is 0. The van der Waals surface area contributed by atoms with Crippen LogP contribution in [-0.2, 0) is 23.0 Å². The number of carbonyl (C=O) groups excluding carboxylic acids is 1. The maximum atomic E-state index is 12.3. The average molecular weight is 294 g/mol. The minimum absolute atomic E-state index is 0.200. The summed E-state index contributed by atoms with van der Waals surface area (Å²) in [4.78, 5) is 10.8. The molecule has 0 amide bonds. The zero-order valence-corrected chi connectivity index (χ0v) is 10.3. The fourth-order valence-corrected chi connectivity index (χ4v) is 2.51. The van der Waals surface area contributed by atoms with E-state index in [4.69, 9.17) is 0 Å². The second kappa shape index (κ2) is 4.52. The van der Waals surface area contributed by atoms with Crippen LogP contribution in [-0.4, -0.2) is 20.2 Å². The molecule has 0 unspecified atom stereocenters. The molecule has 0 aliphatic heterocycles. The molecule has 0 atom stereocenters. The van der Waals surface area contributed by atoms with Crippen molar-refractivity contribution in [2.75, 3.05) is 0 Å². The largest absolute Gasteiger partial charge is 0.534 e. The van der Waals surface area contributed by atoms with Gasteiger partial charge in [-0.1, -0.05) is 6.07 Å². The Hall–Kier alpha value is -1.57. The van der Waals surface area contributed by atoms with E-state index in [9.17, 15) is 26.4 Å². The Morgan fingerprint density at radius 2 is 1.89 bits per heavy atom. The van der Waals surface area contributed by atoms with Gasteiger partial charge in [-0.25, -0.2) is 0 Å². The van der Waals surface area contributed by atoms with Gasteiger partial charge in [0.1, 0.15) is 0 Å². The molecule has 0 N–H and O–H groups in total. The van der Waals surface area contributed by atoms with Gasteiger partial charge in [0.25, 0.3) is 0 Å². The topological polar surface area (TPSA) is 60.4 Å². The molecule has 0 saturated heterocycles. The van der Waals surface area contributed by atoms with E-state index in [1.54, 1.807) is 6.07 Å². The third-order valence-electron chi connectivity index (χ3n) is 2.86. The van der Waals surface area contributed by atoms with Crippen molar-refractivity contribution >= 4 is 16.4 Å². The summed E-state index contributed by atoms with van der Waals surface area (Å²) in [7, 11) is -5.76. The van der Waals surface area contributed by atoms with Crippen molar-refractivity contribution in [3.8, 4) is 5.75 Å². The first-order valence-electron chi connectivity index (χ1n) is 5.37. The SMILES string of the molecule is O=Cc1ccc2c(c1OS(=O)(=O)C(F)(F)F)CCC2. The van der Waals surface area contributed by atoms with Gasteiger partial charge in [0.05, 0.1) is 5.56 Å². The number of aryl methyl sites for hydroxylation is 1. The molecule has 1 aliphatic carbocycles. The molecule has 0 fully saturated rings. The Balaban J connectivity index is 2.52. The molecule has 0 bridgehead atoms. The first-order chi connectivity index (χ1) is 8.76. The van der Waals surface area contributed by atoms with Crippen molar-refractivity contribution < 1.29 is 30.6 Å². The van der Waals surface area contributed by atoms with Crippen LogP contribution in [0.25, 0.3) is 0 Å². The molecule has 1 aromatic rings. The number of hydrogen-bond acceptors (Lipinski definition) is 4. The molecular formula is C11H9F3O4S. The van der Waals surface area contributed by atoms with E-state index >= 15 is 0 Å². The predicted octanol–water partition coefficient (Wildman–Crippen LogP) is 2.22. The second-order valence-electron chi connectivity index (χ2n) is 4.08. The summed E-state index contributed by atoms with van der Waals surface area (Å²) in [5.41, 5.74) is -4.65. The second-order valence-corrected chi connectivity index (χ2v) is 5.61. The Bertz CT molecular complexity index is 620. The van der Waals surface area contributed by atoms with E-state index in [1.165, 1.54) is 6.07 Å². The highest BCUT2D eigenvalue weighted by Crippen LogP contribution is 2.36. The highest BCUT2D eigenvalue weighted by atomic mass is 32.2. The zero-order chi connectivity index (χ0) is 14.3. The Labute approximate surface area is 107 Å². The van der Waals surface area contributed by atoms with Crippen LogP contribution in [0.1, 0.15) is 27.9 Å². The van der Waals surface area contributed by atoms with Crippen LogP contribution >= 0.6 is 0 Å². The molecule has 1 aromatic carbocycles. The lowest BCUT2D eigenvalue weighted by molar-refractivity contribution is -0.0500.